The lowest BCUT2D eigenvalue weighted by atomic mass is 10.1. The molecule has 1 aromatic carbocycles. The van der Waals surface area contributed by atoms with E-state index in [2.05, 4.69) is 16.8 Å². The second-order valence-corrected chi connectivity index (χ2v) is 5.03. The molecule has 0 aliphatic heterocycles. The molecule has 1 atom stereocenters. The van der Waals surface area contributed by atoms with Crippen LogP contribution >= 0.6 is 11.6 Å². The molecule has 5 heteroatoms. The Morgan fingerprint density at radius 3 is 2.70 bits per heavy atom. The zero-order valence-electron chi connectivity index (χ0n) is 11.5. The van der Waals surface area contributed by atoms with Crippen molar-refractivity contribution in [2.75, 3.05) is 11.9 Å². The maximum atomic E-state index is 7.45. The number of nitrogens with one attached hydrogen (secondary N) is 1. The van der Waals surface area contributed by atoms with Crippen molar-refractivity contribution in [3.05, 3.63) is 58.9 Å². The van der Waals surface area contributed by atoms with E-state index >= 15 is 0 Å². The van der Waals surface area contributed by atoms with Crippen LogP contribution in [-0.4, -0.2) is 17.9 Å². The molecule has 1 heterocycles. The number of pyridine rings is 1. The molecule has 0 amide bonds. The summed E-state index contributed by atoms with van der Waals surface area (Å²) in [7, 11) is 1.98. The van der Waals surface area contributed by atoms with E-state index in [-0.39, 0.29) is 11.9 Å². The van der Waals surface area contributed by atoms with Crippen molar-refractivity contribution in [1.29, 1.82) is 5.41 Å². The first kappa shape index (κ1) is 14.3. The SMILES string of the molecule is CC(c1ccccc1Cl)N(C)c1ccnc(C(=N)N)c1. The molecule has 2 aromatic rings. The summed E-state index contributed by atoms with van der Waals surface area (Å²) in [6.45, 7) is 2.08. The number of halogens is 1. The second-order valence-electron chi connectivity index (χ2n) is 4.62. The van der Waals surface area contributed by atoms with Crippen molar-refractivity contribution in [3.63, 3.8) is 0 Å². The van der Waals surface area contributed by atoms with Gasteiger partial charge in [-0.3, -0.25) is 10.4 Å². The zero-order valence-corrected chi connectivity index (χ0v) is 12.2. The van der Waals surface area contributed by atoms with Crippen LogP contribution in [0.15, 0.2) is 42.6 Å². The Morgan fingerprint density at radius 2 is 2.05 bits per heavy atom. The maximum absolute atomic E-state index is 7.45. The number of nitrogen functional groups attached to an aromatic ring is 1. The molecule has 1 aromatic heterocycles. The maximum Gasteiger partial charge on any atom is 0.141 e. The Morgan fingerprint density at radius 1 is 1.35 bits per heavy atom. The first-order valence-electron chi connectivity index (χ1n) is 6.28. The molecule has 0 fully saturated rings. The fourth-order valence-electron chi connectivity index (χ4n) is 2.03. The highest BCUT2D eigenvalue weighted by molar-refractivity contribution is 6.31. The predicted octanol–water partition coefficient (Wildman–Crippen LogP) is 3.22. The minimum absolute atomic E-state index is 0.0364. The van der Waals surface area contributed by atoms with E-state index in [0.29, 0.717) is 5.69 Å². The Bertz CT molecular complexity index is 627. The minimum Gasteiger partial charge on any atom is -0.382 e. The number of aromatic nitrogens is 1. The summed E-state index contributed by atoms with van der Waals surface area (Å²) in [6, 6.07) is 11.6. The third-order valence-electron chi connectivity index (χ3n) is 3.36. The first-order chi connectivity index (χ1) is 9.50. The van der Waals surface area contributed by atoms with Crippen LogP contribution in [0.25, 0.3) is 0 Å². The van der Waals surface area contributed by atoms with Crippen LogP contribution in [0.4, 0.5) is 5.69 Å². The lowest BCUT2D eigenvalue weighted by molar-refractivity contribution is 0.739. The van der Waals surface area contributed by atoms with Gasteiger partial charge in [-0.05, 0) is 30.7 Å². The monoisotopic (exact) mass is 288 g/mol. The molecule has 3 N–H and O–H groups in total. The van der Waals surface area contributed by atoms with Crippen LogP contribution in [0.5, 0.6) is 0 Å². The fraction of sp³-hybridized carbons (Fsp3) is 0.200. The third kappa shape index (κ3) is 2.91. The lowest BCUT2D eigenvalue weighted by Crippen LogP contribution is -2.23. The number of hydrogen-bond donors (Lipinski definition) is 2. The molecular weight excluding hydrogens is 272 g/mol. The van der Waals surface area contributed by atoms with E-state index in [4.69, 9.17) is 22.7 Å². The highest BCUT2D eigenvalue weighted by Crippen LogP contribution is 2.29. The van der Waals surface area contributed by atoms with Gasteiger partial charge in [-0.1, -0.05) is 29.8 Å². The normalized spacial score (nSPS) is 11.9. The van der Waals surface area contributed by atoms with Crippen LogP contribution in [0.3, 0.4) is 0 Å². The largest absolute Gasteiger partial charge is 0.382 e. The van der Waals surface area contributed by atoms with Crippen LogP contribution in [-0.2, 0) is 0 Å². The summed E-state index contributed by atoms with van der Waals surface area (Å²) in [5.41, 5.74) is 7.94. The van der Waals surface area contributed by atoms with Crippen LogP contribution < -0.4 is 10.6 Å². The number of amidine groups is 1. The van der Waals surface area contributed by atoms with Crippen LogP contribution in [0.1, 0.15) is 24.2 Å². The fourth-order valence-corrected chi connectivity index (χ4v) is 2.33. The summed E-state index contributed by atoms with van der Waals surface area (Å²) < 4.78 is 0. The van der Waals surface area contributed by atoms with Crippen LogP contribution in [0, 0.1) is 5.41 Å². The predicted molar refractivity (Wildman–Crippen MR) is 83.5 cm³/mol. The van der Waals surface area contributed by atoms with Crippen molar-refractivity contribution in [3.8, 4) is 0 Å². The van der Waals surface area contributed by atoms with Gasteiger partial charge in [-0.25, -0.2) is 0 Å². The molecule has 4 nitrogen and oxygen atoms in total. The number of nitrogens with zero attached hydrogens (tertiary/aromatic N) is 2. The number of benzene rings is 1. The molecular formula is C15H17ClN4. The summed E-state index contributed by atoms with van der Waals surface area (Å²) in [5.74, 6) is -0.0364. The van der Waals surface area contributed by atoms with E-state index in [1.807, 2.05) is 37.4 Å². The molecule has 0 spiro atoms. The van der Waals surface area contributed by atoms with Gasteiger partial charge in [-0.2, -0.15) is 0 Å². The van der Waals surface area contributed by atoms with Gasteiger partial charge in [0, 0.05) is 24.0 Å². The van der Waals surface area contributed by atoms with Gasteiger partial charge in [0.2, 0.25) is 0 Å². The highest BCUT2D eigenvalue weighted by Gasteiger charge is 2.15. The van der Waals surface area contributed by atoms with Gasteiger partial charge in [0.05, 0.1) is 6.04 Å². The third-order valence-corrected chi connectivity index (χ3v) is 3.71. The summed E-state index contributed by atoms with van der Waals surface area (Å²) in [6.07, 6.45) is 1.65. The van der Waals surface area contributed by atoms with Crippen molar-refractivity contribution in [1.82, 2.24) is 4.98 Å². The minimum atomic E-state index is -0.0364. The van der Waals surface area contributed by atoms with Crippen molar-refractivity contribution < 1.29 is 0 Å². The molecule has 104 valence electrons. The number of hydrogen-bond acceptors (Lipinski definition) is 3. The summed E-state index contributed by atoms with van der Waals surface area (Å²) >= 11 is 6.24. The van der Waals surface area contributed by atoms with E-state index < -0.39 is 0 Å². The van der Waals surface area contributed by atoms with E-state index in [0.717, 1.165) is 16.3 Å². The van der Waals surface area contributed by atoms with Gasteiger partial charge in [0.25, 0.3) is 0 Å². The smallest absolute Gasteiger partial charge is 0.141 e. The molecule has 0 aliphatic rings. The van der Waals surface area contributed by atoms with Gasteiger partial charge in [0.15, 0.2) is 0 Å². The number of nitrogens with two attached hydrogens (primary N) is 1. The van der Waals surface area contributed by atoms with Gasteiger partial charge >= 0.3 is 0 Å². The molecule has 0 aliphatic carbocycles. The molecule has 2 rings (SSSR count). The molecule has 1 unspecified atom stereocenters. The standard InChI is InChI=1S/C15H17ClN4/c1-10(12-5-3-4-6-13(12)16)20(2)11-7-8-19-14(9-11)15(17)18/h3-10H,1-2H3,(H3,17,18). The zero-order chi connectivity index (χ0) is 14.7. The van der Waals surface area contributed by atoms with Crippen molar-refractivity contribution in [2.24, 2.45) is 5.73 Å². The van der Waals surface area contributed by atoms with E-state index in [1.54, 1.807) is 12.3 Å². The molecule has 0 saturated carbocycles. The van der Waals surface area contributed by atoms with E-state index in [9.17, 15) is 0 Å². The van der Waals surface area contributed by atoms with Crippen molar-refractivity contribution in [2.45, 2.75) is 13.0 Å². The molecule has 0 radical (unpaired) electrons. The average molecular weight is 289 g/mol. The van der Waals surface area contributed by atoms with Crippen molar-refractivity contribution >= 4 is 23.1 Å². The number of rotatable bonds is 4. The molecule has 0 bridgehead atoms. The van der Waals surface area contributed by atoms with Gasteiger partial charge < -0.3 is 10.6 Å². The highest BCUT2D eigenvalue weighted by atomic mass is 35.5. The Balaban J connectivity index is 2.31. The topological polar surface area (TPSA) is 66.0 Å². The Kier molecular flexibility index (Phi) is 4.25. The van der Waals surface area contributed by atoms with E-state index in [1.165, 1.54) is 0 Å². The average Bonchev–Trinajstić information content (AvgIpc) is 2.46. The number of anilines is 1. The van der Waals surface area contributed by atoms with Gasteiger partial charge in [-0.15, -0.1) is 0 Å². The summed E-state index contributed by atoms with van der Waals surface area (Å²) in [4.78, 5) is 6.15. The molecule has 20 heavy (non-hydrogen) atoms. The Labute approximate surface area is 123 Å². The van der Waals surface area contributed by atoms with Gasteiger partial charge in [0.1, 0.15) is 11.5 Å². The molecule has 0 saturated heterocycles. The Hall–Kier alpha value is -2.07. The first-order valence-corrected chi connectivity index (χ1v) is 6.66. The quantitative estimate of drug-likeness (QED) is 0.670. The summed E-state index contributed by atoms with van der Waals surface area (Å²) in [5, 5.41) is 8.20. The lowest BCUT2D eigenvalue weighted by Gasteiger charge is -2.28. The van der Waals surface area contributed by atoms with Crippen LogP contribution in [0.2, 0.25) is 5.02 Å². The second kappa shape index (κ2) is 5.92.